The second-order valence-electron chi connectivity index (χ2n) is 8.88. The molecular formula is C25H28FN5O3S. The van der Waals surface area contributed by atoms with Gasteiger partial charge in [-0.25, -0.2) is 9.37 Å². The number of aliphatic hydroxyl groups is 1. The summed E-state index contributed by atoms with van der Waals surface area (Å²) < 4.78 is 20.4. The third-order valence-corrected chi connectivity index (χ3v) is 7.49. The number of thioether (sulfide) groups is 1. The number of benzene rings is 1. The number of fused-ring (bicyclic) bond motifs is 2. The Morgan fingerprint density at radius 1 is 1.34 bits per heavy atom. The normalized spacial score (nSPS) is 21.4. The predicted octanol–water partition coefficient (Wildman–Crippen LogP) is 2.92. The Labute approximate surface area is 207 Å². The summed E-state index contributed by atoms with van der Waals surface area (Å²) >= 11 is 1.42. The molecule has 2 aliphatic rings. The number of alkyl halides is 1. The molecule has 2 aliphatic heterocycles. The van der Waals surface area contributed by atoms with Crippen molar-refractivity contribution in [2.75, 3.05) is 37.8 Å². The van der Waals surface area contributed by atoms with Gasteiger partial charge in [-0.05, 0) is 54.4 Å². The molecule has 8 nitrogen and oxygen atoms in total. The maximum atomic E-state index is 15.0. The number of carbonyl (C=O) groups is 1. The number of halogens is 1. The maximum Gasteiger partial charge on any atom is 0.234 e. The first kappa shape index (κ1) is 23.9. The largest absolute Gasteiger partial charge is 0.497 e. The van der Waals surface area contributed by atoms with Crippen LogP contribution in [0, 0.1) is 0 Å². The molecule has 0 saturated carbocycles. The molecule has 3 N–H and O–H groups in total. The average molecular weight is 498 g/mol. The Kier molecular flexibility index (Phi) is 7.14. The quantitative estimate of drug-likeness (QED) is 0.458. The molecule has 3 atom stereocenters. The number of hydrogen-bond donors (Lipinski definition) is 3. The number of nitrogens with zero attached hydrogens (tertiary/aromatic N) is 3. The van der Waals surface area contributed by atoms with Crippen LogP contribution in [0.1, 0.15) is 23.7 Å². The lowest BCUT2D eigenvalue weighted by atomic mass is 10.00. The van der Waals surface area contributed by atoms with Gasteiger partial charge in [0.2, 0.25) is 5.91 Å². The number of pyridine rings is 2. The SMILES string of the molecule is COc1ccc2nccc([C@H](O)CN3CC[C@H](NCc4cnc5c(c4)NC(=O)CS5)[C@@H](F)C3)c2c1. The summed E-state index contributed by atoms with van der Waals surface area (Å²) in [4.78, 5) is 22.4. The zero-order valence-electron chi connectivity index (χ0n) is 19.4. The maximum absolute atomic E-state index is 15.0. The van der Waals surface area contributed by atoms with Crippen LogP contribution < -0.4 is 15.4 Å². The van der Waals surface area contributed by atoms with Gasteiger partial charge in [0.15, 0.2) is 0 Å². The van der Waals surface area contributed by atoms with Gasteiger partial charge in [0.1, 0.15) is 16.9 Å². The standard InChI is InChI=1S/C25H28FN5O3S/c1-34-16-2-3-20-18(9-16)17(4-6-27-20)23(32)13-31-7-5-21(19(26)12-31)28-10-15-8-22-25(29-11-15)35-14-24(33)30-22/h2-4,6,8-9,11,19,21,23,28,32H,5,7,10,12-14H2,1H3,(H,30,33)/t19-,21-,23+/m0/s1. The number of piperidine rings is 1. The third-order valence-electron chi connectivity index (χ3n) is 6.49. The minimum Gasteiger partial charge on any atom is -0.497 e. The lowest BCUT2D eigenvalue weighted by Crippen LogP contribution is -2.51. The number of methoxy groups -OCH3 is 1. The number of ether oxygens (including phenoxy) is 1. The van der Waals surface area contributed by atoms with Crippen molar-refractivity contribution in [1.82, 2.24) is 20.2 Å². The van der Waals surface area contributed by atoms with E-state index >= 15 is 4.39 Å². The van der Waals surface area contributed by atoms with E-state index in [1.54, 1.807) is 25.6 Å². The molecule has 0 unspecified atom stereocenters. The first-order valence-corrected chi connectivity index (χ1v) is 12.6. The van der Waals surface area contributed by atoms with Crippen molar-refractivity contribution in [1.29, 1.82) is 0 Å². The first-order valence-electron chi connectivity index (χ1n) is 11.6. The van der Waals surface area contributed by atoms with Crippen molar-refractivity contribution >= 4 is 34.3 Å². The molecule has 4 heterocycles. The molecule has 1 amide bonds. The van der Waals surface area contributed by atoms with Crippen LogP contribution in [0.15, 0.2) is 47.8 Å². The lowest BCUT2D eigenvalue weighted by Gasteiger charge is -2.36. The number of carbonyl (C=O) groups excluding carboxylic acids is 1. The van der Waals surface area contributed by atoms with Gasteiger partial charge in [-0.15, -0.1) is 0 Å². The summed E-state index contributed by atoms with van der Waals surface area (Å²) in [7, 11) is 1.60. The van der Waals surface area contributed by atoms with Gasteiger partial charge in [-0.2, -0.15) is 0 Å². The number of anilines is 1. The smallest absolute Gasteiger partial charge is 0.234 e. The van der Waals surface area contributed by atoms with Crippen LogP contribution in [0.25, 0.3) is 10.9 Å². The van der Waals surface area contributed by atoms with Crippen molar-refractivity contribution in [2.45, 2.75) is 36.3 Å². The second kappa shape index (κ2) is 10.4. The molecule has 1 fully saturated rings. The van der Waals surface area contributed by atoms with Gasteiger partial charge in [0.25, 0.3) is 0 Å². The number of nitrogens with one attached hydrogen (secondary N) is 2. The molecular weight excluding hydrogens is 469 g/mol. The van der Waals surface area contributed by atoms with Crippen molar-refractivity contribution in [3.63, 3.8) is 0 Å². The molecule has 184 valence electrons. The number of β-amino-alcohol motifs (C(OH)–C–C–N with tert-alkyl or cyclic N) is 1. The van der Waals surface area contributed by atoms with Crippen LogP contribution >= 0.6 is 11.8 Å². The van der Waals surface area contributed by atoms with Gasteiger partial charge in [0.05, 0.1) is 30.2 Å². The molecule has 3 aromatic rings. The highest BCUT2D eigenvalue weighted by atomic mass is 32.2. The van der Waals surface area contributed by atoms with E-state index in [0.29, 0.717) is 43.2 Å². The monoisotopic (exact) mass is 497 g/mol. The van der Waals surface area contributed by atoms with Crippen molar-refractivity contribution in [2.24, 2.45) is 0 Å². The van der Waals surface area contributed by atoms with E-state index in [4.69, 9.17) is 4.74 Å². The zero-order chi connectivity index (χ0) is 24.4. The summed E-state index contributed by atoms with van der Waals surface area (Å²) in [5.41, 5.74) is 3.15. The van der Waals surface area contributed by atoms with E-state index < -0.39 is 12.3 Å². The minimum absolute atomic E-state index is 0.0355. The van der Waals surface area contributed by atoms with E-state index in [2.05, 4.69) is 20.6 Å². The second-order valence-corrected chi connectivity index (χ2v) is 9.85. The highest BCUT2D eigenvalue weighted by Gasteiger charge is 2.30. The fourth-order valence-electron chi connectivity index (χ4n) is 4.64. The highest BCUT2D eigenvalue weighted by molar-refractivity contribution is 8.00. The number of rotatable bonds is 7. The van der Waals surface area contributed by atoms with Crippen LogP contribution in [0.3, 0.4) is 0 Å². The Morgan fingerprint density at radius 3 is 3.06 bits per heavy atom. The highest BCUT2D eigenvalue weighted by Crippen LogP contribution is 2.30. The molecule has 1 aromatic carbocycles. The van der Waals surface area contributed by atoms with Gasteiger partial charge in [-0.3, -0.25) is 14.7 Å². The van der Waals surface area contributed by atoms with Crippen LogP contribution in [0.4, 0.5) is 10.1 Å². The van der Waals surface area contributed by atoms with Crippen molar-refractivity contribution < 1.29 is 19.0 Å². The Balaban J connectivity index is 1.17. The Hall–Kier alpha value is -2.79. The van der Waals surface area contributed by atoms with Gasteiger partial charge in [0, 0.05) is 43.5 Å². The fourth-order valence-corrected chi connectivity index (χ4v) is 5.37. The van der Waals surface area contributed by atoms with Crippen LogP contribution in [-0.4, -0.2) is 70.6 Å². The molecule has 0 spiro atoms. The van der Waals surface area contributed by atoms with E-state index in [9.17, 15) is 9.90 Å². The zero-order valence-corrected chi connectivity index (χ0v) is 20.2. The van der Waals surface area contributed by atoms with E-state index in [1.807, 2.05) is 29.2 Å². The lowest BCUT2D eigenvalue weighted by molar-refractivity contribution is -0.113. The van der Waals surface area contributed by atoms with Crippen molar-refractivity contribution in [3.05, 3.63) is 53.9 Å². The number of aliphatic hydroxyl groups excluding tert-OH is 1. The summed E-state index contributed by atoms with van der Waals surface area (Å²) in [6.07, 6.45) is 2.25. The fraction of sp³-hybridized carbons (Fsp3) is 0.400. The van der Waals surface area contributed by atoms with Gasteiger partial charge >= 0.3 is 0 Å². The van der Waals surface area contributed by atoms with Crippen LogP contribution in [0.5, 0.6) is 5.75 Å². The summed E-state index contributed by atoms with van der Waals surface area (Å²) in [5.74, 6) is 1.04. The molecule has 0 bridgehead atoms. The molecule has 2 aromatic heterocycles. The van der Waals surface area contributed by atoms with Crippen LogP contribution in [-0.2, 0) is 11.3 Å². The van der Waals surface area contributed by atoms with E-state index in [1.165, 1.54) is 11.8 Å². The Morgan fingerprint density at radius 2 is 2.23 bits per heavy atom. The molecule has 0 radical (unpaired) electrons. The van der Waals surface area contributed by atoms with Crippen LogP contribution in [0.2, 0.25) is 0 Å². The Bertz CT molecular complexity index is 1230. The first-order chi connectivity index (χ1) is 17.0. The number of amides is 1. The van der Waals surface area contributed by atoms with Gasteiger partial charge in [-0.1, -0.05) is 11.8 Å². The topological polar surface area (TPSA) is 99.6 Å². The number of likely N-dealkylation sites (tertiary alicyclic amines) is 1. The molecule has 1 saturated heterocycles. The summed E-state index contributed by atoms with van der Waals surface area (Å²) in [6, 6.07) is 8.99. The molecule has 0 aliphatic carbocycles. The summed E-state index contributed by atoms with van der Waals surface area (Å²) in [6.45, 7) is 1.74. The number of aromatic nitrogens is 2. The van der Waals surface area contributed by atoms with E-state index in [0.717, 1.165) is 27.1 Å². The number of hydrogen-bond acceptors (Lipinski definition) is 8. The van der Waals surface area contributed by atoms with E-state index in [-0.39, 0.29) is 18.5 Å². The molecule has 10 heteroatoms. The average Bonchev–Trinajstić information content (AvgIpc) is 2.87. The van der Waals surface area contributed by atoms with Crippen molar-refractivity contribution in [3.8, 4) is 5.75 Å². The molecule has 5 rings (SSSR count). The molecule has 35 heavy (non-hydrogen) atoms. The summed E-state index contributed by atoms with van der Waals surface area (Å²) in [5, 5.41) is 18.7. The minimum atomic E-state index is -1.06. The van der Waals surface area contributed by atoms with Gasteiger partial charge < -0.3 is 20.5 Å². The third kappa shape index (κ3) is 5.40. The predicted molar refractivity (Wildman–Crippen MR) is 133 cm³/mol.